The van der Waals surface area contributed by atoms with E-state index in [0.717, 1.165) is 22.3 Å². The summed E-state index contributed by atoms with van der Waals surface area (Å²) in [5.74, 6) is 2.48. The van der Waals surface area contributed by atoms with Crippen molar-refractivity contribution < 1.29 is 9.47 Å². The Bertz CT molecular complexity index is 605. The molecule has 0 unspecified atom stereocenters. The number of halogens is 1. The minimum absolute atomic E-state index is 0.445. The van der Waals surface area contributed by atoms with Gasteiger partial charge >= 0.3 is 0 Å². The first-order valence-corrected chi connectivity index (χ1v) is 7.83. The van der Waals surface area contributed by atoms with Gasteiger partial charge in [0, 0.05) is 0 Å². The molecule has 0 aliphatic carbocycles. The second-order valence-corrected chi connectivity index (χ2v) is 6.55. The molecule has 2 rings (SSSR count). The fraction of sp³-hybridized carbons (Fsp3) is 0.444. The molecule has 3 heteroatoms. The van der Waals surface area contributed by atoms with Crippen LogP contribution in [0.25, 0.3) is 10.8 Å². The molecule has 2 nitrogen and oxygen atoms in total. The molecular formula is C18H23ClO2. The average Bonchev–Trinajstić information content (AvgIpc) is 2.43. The largest absolute Gasteiger partial charge is 0.493 e. The monoisotopic (exact) mass is 306 g/mol. The Balaban J connectivity index is 2.45. The molecule has 114 valence electrons. The van der Waals surface area contributed by atoms with Gasteiger partial charge in [0.1, 0.15) is 11.5 Å². The molecule has 0 bridgehead atoms. The van der Waals surface area contributed by atoms with E-state index in [1.165, 1.54) is 0 Å². The van der Waals surface area contributed by atoms with Crippen LogP contribution in [0.15, 0.2) is 30.3 Å². The minimum atomic E-state index is 0.445. The highest BCUT2D eigenvalue weighted by Crippen LogP contribution is 2.39. The third kappa shape index (κ3) is 4.04. The van der Waals surface area contributed by atoms with Crippen LogP contribution in [0, 0.1) is 11.8 Å². The average molecular weight is 307 g/mol. The lowest BCUT2D eigenvalue weighted by Crippen LogP contribution is -2.07. The molecule has 21 heavy (non-hydrogen) atoms. The van der Waals surface area contributed by atoms with Gasteiger partial charge in [0.2, 0.25) is 0 Å². The van der Waals surface area contributed by atoms with Crippen LogP contribution in [-0.4, -0.2) is 13.2 Å². The van der Waals surface area contributed by atoms with Gasteiger partial charge in [-0.1, -0.05) is 57.5 Å². The summed E-state index contributed by atoms with van der Waals surface area (Å²) in [5, 5.41) is 2.68. The Hall–Kier alpha value is -1.41. The lowest BCUT2D eigenvalue weighted by atomic mass is 10.1. The van der Waals surface area contributed by atoms with E-state index in [1.807, 2.05) is 24.3 Å². The predicted octanol–water partition coefficient (Wildman–Crippen LogP) is 5.56. The van der Waals surface area contributed by atoms with Gasteiger partial charge in [0.05, 0.1) is 23.6 Å². The van der Waals surface area contributed by atoms with Crippen molar-refractivity contribution in [3.05, 3.63) is 35.4 Å². The fourth-order valence-corrected chi connectivity index (χ4v) is 2.27. The number of ether oxygens (including phenoxy) is 2. The number of rotatable bonds is 6. The molecule has 0 aliphatic heterocycles. The van der Waals surface area contributed by atoms with Crippen molar-refractivity contribution in [3.8, 4) is 11.5 Å². The second-order valence-electron chi connectivity index (χ2n) is 6.14. The maximum Gasteiger partial charge on any atom is 0.149 e. The smallest absolute Gasteiger partial charge is 0.149 e. The highest BCUT2D eigenvalue weighted by molar-refractivity contribution is 6.33. The van der Waals surface area contributed by atoms with Crippen molar-refractivity contribution in [2.45, 2.75) is 27.7 Å². The van der Waals surface area contributed by atoms with Gasteiger partial charge in [-0.25, -0.2) is 0 Å². The van der Waals surface area contributed by atoms with E-state index in [1.54, 1.807) is 0 Å². The number of hydrogen-bond acceptors (Lipinski definition) is 2. The van der Waals surface area contributed by atoms with Gasteiger partial charge in [-0.05, 0) is 29.4 Å². The first-order valence-electron chi connectivity index (χ1n) is 7.46. The summed E-state index contributed by atoms with van der Waals surface area (Å²) >= 11 is 6.34. The van der Waals surface area contributed by atoms with E-state index in [2.05, 4.69) is 33.8 Å². The topological polar surface area (TPSA) is 18.5 Å². The standard InChI is InChI=1S/C18H23ClO2/c1-12(2)10-20-16-7-5-6-14-8-9-15(19)18(17(14)16)21-11-13(3)4/h5-9,12-13H,10-11H2,1-4H3. The quantitative estimate of drug-likeness (QED) is 0.695. The van der Waals surface area contributed by atoms with E-state index < -0.39 is 0 Å². The van der Waals surface area contributed by atoms with Crippen LogP contribution in [0.4, 0.5) is 0 Å². The summed E-state index contributed by atoms with van der Waals surface area (Å²) in [6.07, 6.45) is 0. The summed E-state index contributed by atoms with van der Waals surface area (Å²) in [4.78, 5) is 0. The fourth-order valence-electron chi connectivity index (χ4n) is 2.06. The maximum absolute atomic E-state index is 6.34. The highest BCUT2D eigenvalue weighted by atomic mass is 35.5. The molecular weight excluding hydrogens is 284 g/mol. The second kappa shape index (κ2) is 7.04. The number of fused-ring (bicyclic) bond motifs is 1. The van der Waals surface area contributed by atoms with Crippen molar-refractivity contribution in [3.63, 3.8) is 0 Å². The third-order valence-corrected chi connectivity index (χ3v) is 3.34. The summed E-state index contributed by atoms with van der Waals surface area (Å²) < 4.78 is 11.9. The molecule has 0 saturated carbocycles. The normalized spacial score (nSPS) is 11.4. The first-order chi connectivity index (χ1) is 9.99. The molecule has 0 aromatic heterocycles. The van der Waals surface area contributed by atoms with Gasteiger partial charge in [0.15, 0.2) is 0 Å². The minimum Gasteiger partial charge on any atom is -0.493 e. The maximum atomic E-state index is 6.34. The molecule has 0 fully saturated rings. The molecule has 2 aromatic rings. The summed E-state index contributed by atoms with van der Waals surface area (Å²) in [7, 11) is 0. The zero-order chi connectivity index (χ0) is 15.4. The molecule has 0 aliphatic rings. The van der Waals surface area contributed by atoms with Crippen molar-refractivity contribution in [2.24, 2.45) is 11.8 Å². The van der Waals surface area contributed by atoms with Crippen molar-refractivity contribution in [1.82, 2.24) is 0 Å². The predicted molar refractivity (Wildman–Crippen MR) is 89.6 cm³/mol. The zero-order valence-corrected chi connectivity index (χ0v) is 13.9. The number of hydrogen-bond donors (Lipinski definition) is 0. The molecule has 0 radical (unpaired) electrons. The molecule has 0 spiro atoms. The van der Waals surface area contributed by atoms with Crippen LogP contribution in [0.1, 0.15) is 27.7 Å². The van der Waals surface area contributed by atoms with Crippen LogP contribution < -0.4 is 9.47 Å². The Labute approximate surface area is 132 Å². The Morgan fingerprint density at radius 3 is 2.24 bits per heavy atom. The molecule has 0 N–H and O–H groups in total. The Morgan fingerprint density at radius 2 is 1.57 bits per heavy atom. The van der Waals surface area contributed by atoms with Crippen LogP contribution in [0.2, 0.25) is 5.02 Å². The van der Waals surface area contributed by atoms with Gasteiger partial charge in [0.25, 0.3) is 0 Å². The molecule has 2 aromatic carbocycles. The van der Waals surface area contributed by atoms with E-state index in [4.69, 9.17) is 21.1 Å². The van der Waals surface area contributed by atoms with E-state index >= 15 is 0 Å². The summed E-state index contributed by atoms with van der Waals surface area (Å²) in [6, 6.07) is 9.91. The SMILES string of the molecule is CC(C)COc1cccc2ccc(Cl)c(OCC(C)C)c12. The van der Waals surface area contributed by atoms with Gasteiger partial charge < -0.3 is 9.47 Å². The van der Waals surface area contributed by atoms with E-state index in [-0.39, 0.29) is 0 Å². The van der Waals surface area contributed by atoms with Gasteiger partial charge in [-0.3, -0.25) is 0 Å². The highest BCUT2D eigenvalue weighted by Gasteiger charge is 2.13. The Kier molecular flexibility index (Phi) is 5.35. The van der Waals surface area contributed by atoms with Crippen molar-refractivity contribution in [2.75, 3.05) is 13.2 Å². The van der Waals surface area contributed by atoms with Crippen LogP contribution in [0.5, 0.6) is 11.5 Å². The third-order valence-electron chi connectivity index (χ3n) is 3.04. The van der Waals surface area contributed by atoms with Crippen molar-refractivity contribution >= 4 is 22.4 Å². The molecule has 0 atom stereocenters. The summed E-state index contributed by atoms with van der Waals surface area (Å²) in [6.45, 7) is 9.82. The van der Waals surface area contributed by atoms with Crippen LogP contribution >= 0.6 is 11.6 Å². The lowest BCUT2D eigenvalue weighted by molar-refractivity contribution is 0.264. The molecule has 0 heterocycles. The van der Waals surface area contributed by atoms with Gasteiger partial charge in [-0.2, -0.15) is 0 Å². The van der Waals surface area contributed by atoms with E-state index in [9.17, 15) is 0 Å². The first kappa shape index (κ1) is 16.0. The van der Waals surface area contributed by atoms with Crippen LogP contribution in [-0.2, 0) is 0 Å². The van der Waals surface area contributed by atoms with Crippen LogP contribution in [0.3, 0.4) is 0 Å². The lowest BCUT2D eigenvalue weighted by Gasteiger charge is -2.17. The Morgan fingerprint density at radius 1 is 0.905 bits per heavy atom. The molecule has 0 saturated heterocycles. The summed E-state index contributed by atoms with van der Waals surface area (Å²) in [5.41, 5.74) is 0. The van der Waals surface area contributed by atoms with Gasteiger partial charge in [-0.15, -0.1) is 0 Å². The van der Waals surface area contributed by atoms with E-state index in [0.29, 0.717) is 30.1 Å². The molecule has 0 amide bonds. The van der Waals surface area contributed by atoms with Crippen molar-refractivity contribution in [1.29, 1.82) is 0 Å². The zero-order valence-electron chi connectivity index (χ0n) is 13.2. The number of benzene rings is 2.